The van der Waals surface area contributed by atoms with Crippen molar-refractivity contribution in [2.75, 3.05) is 13.2 Å². The SMILES string of the molecule is CCOCC(NCc1ccsc1)C(C)C. The summed E-state index contributed by atoms with van der Waals surface area (Å²) in [6.07, 6.45) is 0. The number of ether oxygens (including phenoxy) is 1. The van der Waals surface area contributed by atoms with Crippen molar-refractivity contribution in [2.24, 2.45) is 5.92 Å². The Balaban J connectivity index is 2.31. The molecule has 2 nitrogen and oxygen atoms in total. The average molecular weight is 227 g/mol. The summed E-state index contributed by atoms with van der Waals surface area (Å²) in [7, 11) is 0. The molecular formula is C12H21NOS. The molecular weight excluding hydrogens is 206 g/mol. The molecule has 0 amide bonds. The highest BCUT2D eigenvalue weighted by Gasteiger charge is 2.12. The van der Waals surface area contributed by atoms with Crippen LogP contribution in [-0.4, -0.2) is 19.3 Å². The van der Waals surface area contributed by atoms with E-state index in [0.29, 0.717) is 12.0 Å². The highest BCUT2D eigenvalue weighted by Crippen LogP contribution is 2.08. The lowest BCUT2D eigenvalue weighted by atomic mass is 10.1. The standard InChI is InChI=1S/C12H21NOS/c1-4-14-8-12(10(2)3)13-7-11-5-6-15-9-11/h5-6,9-10,12-13H,4,7-8H2,1-3H3. The van der Waals surface area contributed by atoms with Crippen molar-refractivity contribution in [3.8, 4) is 0 Å². The van der Waals surface area contributed by atoms with E-state index >= 15 is 0 Å². The molecule has 0 radical (unpaired) electrons. The number of hydrogen-bond donors (Lipinski definition) is 1. The van der Waals surface area contributed by atoms with Crippen molar-refractivity contribution in [1.82, 2.24) is 5.32 Å². The summed E-state index contributed by atoms with van der Waals surface area (Å²) in [5.41, 5.74) is 1.36. The molecule has 1 aromatic heterocycles. The lowest BCUT2D eigenvalue weighted by Gasteiger charge is -2.21. The normalized spacial score (nSPS) is 13.3. The number of nitrogens with one attached hydrogen (secondary N) is 1. The van der Waals surface area contributed by atoms with Crippen LogP contribution in [0.25, 0.3) is 0 Å². The molecule has 0 aliphatic carbocycles. The third kappa shape index (κ3) is 4.78. The number of rotatable bonds is 7. The van der Waals surface area contributed by atoms with Crippen LogP contribution in [0.5, 0.6) is 0 Å². The summed E-state index contributed by atoms with van der Waals surface area (Å²) >= 11 is 1.75. The van der Waals surface area contributed by atoms with Crippen molar-refractivity contribution < 1.29 is 4.74 Å². The lowest BCUT2D eigenvalue weighted by Crippen LogP contribution is -2.37. The maximum atomic E-state index is 5.47. The molecule has 1 rings (SSSR count). The van der Waals surface area contributed by atoms with Gasteiger partial charge in [0.2, 0.25) is 0 Å². The second-order valence-electron chi connectivity index (χ2n) is 4.02. The van der Waals surface area contributed by atoms with Crippen molar-refractivity contribution >= 4 is 11.3 Å². The van der Waals surface area contributed by atoms with Crippen molar-refractivity contribution in [3.05, 3.63) is 22.4 Å². The van der Waals surface area contributed by atoms with Crippen LogP contribution < -0.4 is 5.32 Å². The molecule has 0 fully saturated rings. The first kappa shape index (κ1) is 12.7. The fourth-order valence-corrected chi connectivity index (χ4v) is 2.04. The van der Waals surface area contributed by atoms with Gasteiger partial charge in [-0.1, -0.05) is 13.8 Å². The van der Waals surface area contributed by atoms with E-state index in [-0.39, 0.29) is 0 Å². The highest BCUT2D eigenvalue weighted by molar-refractivity contribution is 7.07. The average Bonchev–Trinajstić information content (AvgIpc) is 2.70. The topological polar surface area (TPSA) is 21.3 Å². The minimum absolute atomic E-state index is 0.449. The second kappa shape index (κ2) is 6.99. The van der Waals surface area contributed by atoms with Crippen molar-refractivity contribution in [3.63, 3.8) is 0 Å². The minimum atomic E-state index is 0.449. The van der Waals surface area contributed by atoms with E-state index in [2.05, 4.69) is 36.0 Å². The van der Waals surface area contributed by atoms with Gasteiger partial charge in [0, 0.05) is 19.2 Å². The number of hydrogen-bond acceptors (Lipinski definition) is 3. The zero-order chi connectivity index (χ0) is 11.1. The van der Waals surface area contributed by atoms with Crippen LogP contribution in [0.3, 0.4) is 0 Å². The van der Waals surface area contributed by atoms with Gasteiger partial charge in [0.05, 0.1) is 6.61 Å². The summed E-state index contributed by atoms with van der Waals surface area (Å²) in [6.45, 7) is 9.03. The highest BCUT2D eigenvalue weighted by atomic mass is 32.1. The molecule has 1 heterocycles. The van der Waals surface area contributed by atoms with Gasteiger partial charge in [0.1, 0.15) is 0 Å². The van der Waals surface area contributed by atoms with Gasteiger partial charge < -0.3 is 10.1 Å². The van der Waals surface area contributed by atoms with Crippen LogP contribution in [0.2, 0.25) is 0 Å². The molecule has 1 unspecified atom stereocenters. The molecule has 1 N–H and O–H groups in total. The molecule has 0 bridgehead atoms. The monoisotopic (exact) mass is 227 g/mol. The maximum Gasteiger partial charge on any atom is 0.0622 e. The molecule has 1 aromatic rings. The van der Waals surface area contributed by atoms with Crippen LogP contribution >= 0.6 is 11.3 Å². The molecule has 15 heavy (non-hydrogen) atoms. The number of thiophene rings is 1. The predicted octanol–water partition coefficient (Wildman–Crippen LogP) is 2.90. The minimum Gasteiger partial charge on any atom is -0.380 e. The Labute approximate surface area is 96.7 Å². The first-order valence-electron chi connectivity index (χ1n) is 5.56. The van der Waals surface area contributed by atoms with Gasteiger partial charge in [-0.3, -0.25) is 0 Å². The molecule has 0 saturated heterocycles. The molecule has 1 atom stereocenters. The Kier molecular flexibility index (Phi) is 5.91. The Bertz CT molecular complexity index is 246. The Morgan fingerprint density at radius 1 is 1.47 bits per heavy atom. The predicted molar refractivity (Wildman–Crippen MR) is 66.3 cm³/mol. The summed E-state index contributed by atoms with van der Waals surface area (Å²) < 4.78 is 5.47. The fraction of sp³-hybridized carbons (Fsp3) is 0.667. The Morgan fingerprint density at radius 3 is 2.80 bits per heavy atom. The first-order chi connectivity index (χ1) is 7.24. The third-order valence-electron chi connectivity index (χ3n) is 2.45. The molecule has 0 spiro atoms. The molecule has 0 aromatic carbocycles. The summed E-state index contributed by atoms with van der Waals surface area (Å²) in [5, 5.41) is 7.84. The van der Waals surface area contributed by atoms with Crippen molar-refractivity contribution in [1.29, 1.82) is 0 Å². The van der Waals surface area contributed by atoms with E-state index in [0.717, 1.165) is 19.8 Å². The van der Waals surface area contributed by atoms with Crippen LogP contribution in [0.4, 0.5) is 0 Å². The van der Waals surface area contributed by atoms with Gasteiger partial charge in [-0.2, -0.15) is 11.3 Å². The summed E-state index contributed by atoms with van der Waals surface area (Å²) in [6, 6.07) is 2.61. The Hall–Kier alpha value is -0.380. The van der Waals surface area contributed by atoms with Crippen LogP contribution in [0, 0.1) is 5.92 Å². The smallest absolute Gasteiger partial charge is 0.0622 e. The summed E-state index contributed by atoms with van der Waals surface area (Å²) in [4.78, 5) is 0. The lowest BCUT2D eigenvalue weighted by molar-refractivity contribution is 0.108. The van der Waals surface area contributed by atoms with Crippen LogP contribution in [-0.2, 0) is 11.3 Å². The van der Waals surface area contributed by atoms with Crippen molar-refractivity contribution in [2.45, 2.75) is 33.4 Å². The van der Waals surface area contributed by atoms with Gasteiger partial charge in [0.25, 0.3) is 0 Å². The van der Waals surface area contributed by atoms with E-state index < -0.39 is 0 Å². The second-order valence-corrected chi connectivity index (χ2v) is 4.80. The summed E-state index contributed by atoms with van der Waals surface area (Å²) in [5.74, 6) is 0.607. The van der Waals surface area contributed by atoms with E-state index in [4.69, 9.17) is 4.74 Å². The third-order valence-corrected chi connectivity index (χ3v) is 3.19. The zero-order valence-electron chi connectivity index (χ0n) is 9.82. The molecule has 0 aliphatic rings. The largest absolute Gasteiger partial charge is 0.380 e. The van der Waals surface area contributed by atoms with Gasteiger partial charge in [0.15, 0.2) is 0 Å². The maximum absolute atomic E-state index is 5.47. The fourth-order valence-electron chi connectivity index (χ4n) is 1.37. The molecule has 3 heteroatoms. The van der Waals surface area contributed by atoms with Crippen LogP contribution in [0.1, 0.15) is 26.3 Å². The van der Waals surface area contributed by atoms with Gasteiger partial charge >= 0.3 is 0 Å². The molecule has 86 valence electrons. The quantitative estimate of drug-likeness (QED) is 0.773. The van der Waals surface area contributed by atoms with E-state index in [1.54, 1.807) is 11.3 Å². The van der Waals surface area contributed by atoms with Gasteiger partial charge in [-0.25, -0.2) is 0 Å². The zero-order valence-corrected chi connectivity index (χ0v) is 10.6. The molecule has 0 aliphatic heterocycles. The van der Waals surface area contributed by atoms with Gasteiger partial charge in [-0.15, -0.1) is 0 Å². The van der Waals surface area contributed by atoms with E-state index in [1.165, 1.54) is 5.56 Å². The Morgan fingerprint density at radius 2 is 2.27 bits per heavy atom. The van der Waals surface area contributed by atoms with E-state index in [9.17, 15) is 0 Å². The molecule has 0 saturated carbocycles. The van der Waals surface area contributed by atoms with Crippen LogP contribution in [0.15, 0.2) is 16.8 Å². The van der Waals surface area contributed by atoms with E-state index in [1.807, 2.05) is 6.92 Å². The van der Waals surface area contributed by atoms with Gasteiger partial charge in [-0.05, 0) is 35.2 Å². The first-order valence-corrected chi connectivity index (χ1v) is 6.50.